The fourth-order valence-electron chi connectivity index (χ4n) is 9.21. The van der Waals surface area contributed by atoms with Crippen molar-refractivity contribution in [2.24, 2.45) is 0 Å². The molecule has 0 aromatic heterocycles. The summed E-state index contributed by atoms with van der Waals surface area (Å²) in [6.07, 6.45) is 65.6. The summed E-state index contributed by atoms with van der Waals surface area (Å²) in [4.78, 5) is 37.7. The molecule has 0 aliphatic heterocycles. The van der Waals surface area contributed by atoms with Crippen LogP contribution in [0.4, 0.5) is 0 Å². The van der Waals surface area contributed by atoms with Crippen LogP contribution in [-0.2, 0) is 28.6 Å². The smallest absolute Gasteiger partial charge is 0.306 e. The number of ether oxygens (including phenoxy) is 3. The van der Waals surface area contributed by atoms with E-state index in [1.54, 1.807) is 0 Å². The summed E-state index contributed by atoms with van der Waals surface area (Å²) in [5, 5.41) is 0. The van der Waals surface area contributed by atoms with E-state index in [1.807, 2.05) is 0 Å². The second kappa shape index (κ2) is 56.7. The lowest BCUT2D eigenvalue weighted by Gasteiger charge is -2.18. The first-order valence-corrected chi connectivity index (χ1v) is 30.2. The largest absolute Gasteiger partial charge is 0.462 e. The highest BCUT2D eigenvalue weighted by Gasteiger charge is 2.19. The minimum Gasteiger partial charge on any atom is -0.462 e. The third-order valence-electron chi connectivity index (χ3n) is 13.8. The lowest BCUT2D eigenvalue weighted by molar-refractivity contribution is -0.167. The molecule has 0 heterocycles. The summed E-state index contributed by atoms with van der Waals surface area (Å²) in [5.41, 5.74) is 0. The Morgan fingerprint density at radius 3 is 0.746 bits per heavy atom. The molecule has 67 heavy (non-hydrogen) atoms. The third kappa shape index (κ3) is 55.0. The molecule has 0 radical (unpaired) electrons. The minimum atomic E-state index is -0.759. The summed E-state index contributed by atoms with van der Waals surface area (Å²) < 4.78 is 16.7. The lowest BCUT2D eigenvalue weighted by atomic mass is 10.0. The van der Waals surface area contributed by atoms with Crippen LogP contribution in [0.15, 0.2) is 12.2 Å². The second-order valence-electron chi connectivity index (χ2n) is 20.6. The summed E-state index contributed by atoms with van der Waals surface area (Å²) in [7, 11) is 0. The summed E-state index contributed by atoms with van der Waals surface area (Å²) in [6, 6.07) is 0. The normalized spacial score (nSPS) is 12.0. The molecular weight excluding hydrogens is 829 g/mol. The summed E-state index contributed by atoms with van der Waals surface area (Å²) in [6.45, 7) is 6.62. The molecule has 1 atom stereocenters. The van der Waals surface area contributed by atoms with Crippen molar-refractivity contribution >= 4 is 17.9 Å². The quantitative estimate of drug-likeness (QED) is 0.0262. The molecule has 0 rings (SSSR count). The molecule has 0 aromatic rings. The average Bonchev–Trinajstić information content (AvgIpc) is 3.33. The molecular formula is C61H116O6. The minimum absolute atomic E-state index is 0.0641. The van der Waals surface area contributed by atoms with Crippen molar-refractivity contribution in [3.05, 3.63) is 12.2 Å². The predicted molar refractivity (Wildman–Crippen MR) is 289 cm³/mol. The van der Waals surface area contributed by atoms with E-state index in [-0.39, 0.29) is 31.1 Å². The molecule has 0 bridgehead atoms. The molecule has 0 saturated carbocycles. The summed E-state index contributed by atoms with van der Waals surface area (Å²) >= 11 is 0. The molecule has 6 nitrogen and oxygen atoms in total. The van der Waals surface area contributed by atoms with E-state index in [0.717, 1.165) is 57.8 Å². The van der Waals surface area contributed by atoms with Gasteiger partial charge in [-0.1, -0.05) is 290 Å². The van der Waals surface area contributed by atoms with Crippen molar-refractivity contribution in [1.82, 2.24) is 0 Å². The van der Waals surface area contributed by atoms with Gasteiger partial charge in [0.1, 0.15) is 13.2 Å². The van der Waals surface area contributed by atoms with Crippen LogP contribution in [0.3, 0.4) is 0 Å². The van der Waals surface area contributed by atoms with Crippen LogP contribution < -0.4 is 0 Å². The number of carbonyl (C=O) groups is 3. The molecule has 0 N–H and O–H groups in total. The molecule has 1 unspecified atom stereocenters. The Kier molecular flexibility index (Phi) is 55.2. The highest BCUT2D eigenvalue weighted by atomic mass is 16.6. The van der Waals surface area contributed by atoms with Gasteiger partial charge in [0.05, 0.1) is 0 Å². The maximum Gasteiger partial charge on any atom is 0.306 e. The first kappa shape index (κ1) is 65.1. The Labute approximate surface area is 418 Å². The van der Waals surface area contributed by atoms with E-state index in [2.05, 4.69) is 32.9 Å². The van der Waals surface area contributed by atoms with Gasteiger partial charge in [-0.2, -0.15) is 0 Å². The Morgan fingerprint density at radius 1 is 0.284 bits per heavy atom. The van der Waals surface area contributed by atoms with E-state index in [9.17, 15) is 14.4 Å². The summed E-state index contributed by atoms with van der Waals surface area (Å²) in [5.74, 6) is -0.855. The zero-order valence-electron chi connectivity index (χ0n) is 45.5. The van der Waals surface area contributed by atoms with Gasteiger partial charge in [0.2, 0.25) is 0 Å². The van der Waals surface area contributed by atoms with Gasteiger partial charge in [0, 0.05) is 19.3 Å². The second-order valence-corrected chi connectivity index (χ2v) is 20.6. The van der Waals surface area contributed by atoms with Crippen LogP contribution in [0.25, 0.3) is 0 Å². The maximum atomic E-state index is 12.7. The molecule has 0 spiro atoms. The molecule has 0 aromatic carbocycles. The fourth-order valence-corrected chi connectivity index (χ4v) is 9.21. The van der Waals surface area contributed by atoms with Gasteiger partial charge in [-0.25, -0.2) is 0 Å². The number of hydrogen-bond acceptors (Lipinski definition) is 6. The lowest BCUT2D eigenvalue weighted by Crippen LogP contribution is -2.30. The van der Waals surface area contributed by atoms with Crippen molar-refractivity contribution in [3.8, 4) is 0 Å². The maximum absolute atomic E-state index is 12.7. The number of esters is 3. The Balaban J connectivity index is 3.83. The Bertz CT molecular complexity index is 1040. The molecule has 0 amide bonds. The average molecular weight is 946 g/mol. The number of unbranched alkanes of at least 4 members (excludes halogenated alkanes) is 43. The molecule has 6 heteroatoms. The molecule has 0 aliphatic carbocycles. The fraction of sp³-hybridized carbons (Fsp3) is 0.918. The third-order valence-corrected chi connectivity index (χ3v) is 13.8. The van der Waals surface area contributed by atoms with Gasteiger partial charge in [0.25, 0.3) is 0 Å². The van der Waals surface area contributed by atoms with Crippen molar-refractivity contribution in [2.45, 2.75) is 348 Å². The van der Waals surface area contributed by atoms with Crippen molar-refractivity contribution < 1.29 is 28.6 Å². The molecule has 0 fully saturated rings. The van der Waals surface area contributed by atoms with Crippen LogP contribution in [0.2, 0.25) is 0 Å². The van der Waals surface area contributed by atoms with E-state index >= 15 is 0 Å². The number of carbonyl (C=O) groups excluding carboxylic acids is 3. The van der Waals surface area contributed by atoms with Gasteiger partial charge >= 0.3 is 17.9 Å². The van der Waals surface area contributed by atoms with Crippen LogP contribution in [-0.4, -0.2) is 37.2 Å². The Hall–Kier alpha value is -1.85. The topological polar surface area (TPSA) is 78.9 Å². The first-order valence-electron chi connectivity index (χ1n) is 30.2. The van der Waals surface area contributed by atoms with Gasteiger partial charge < -0.3 is 14.2 Å². The first-order chi connectivity index (χ1) is 33.0. The zero-order chi connectivity index (χ0) is 48.6. The predicted octanol–water partition coefficient (Wildman–Crippen LogP) is 20.1. The molecule has 0 aliphatic rings. The van der Waals surface area contributed by atoms with Crippen LogP contribution in [0, 0.1) is 0 Å². The van der Waals surface area contributed by atoms with E-state index in [0.29, 0.717) is 19.3 Å². The SMILES string of the molecule is CCCCCCCCCC/C=C\CCCCCCCCCCCCCCCCCCCCCCCC(=O)OCC(COC(=O)CCCCCCCCC)OC(=O)CCCCCCCCCCC. The Morgan fingerprint density at radius 2 is 0.493 bits per heavy atom. The highest BCUT2D eigenvalue weighted by Crippen LogP contribution is 2.18. The van der Waals surface area contributed by atoms with Crippen molar-refractivity contribution in [2.75, 3.05) is 13.2 Å². The van der Waals surface area contributed by atoms with Crippen LogP contribution in [0.1, 0.15) is 342 Å². The van der Waals surface area contributed by atoms with Crippen LogP contribution >= 0.6 is 0 Å². The van der Waals surface area contributed by atoms with E-state index < -0.39 is 6.10 Å². The molecule has 0 saturated heterocycles. The van der Waals surface area contributed by atoms with E-state index in [1.165, 1.54) is 244 Å². The van der Waals surface area contributed by atoms with Gasteiger partial charge in [-0.15, -0.1) is 0 Å². The zero-order valence-corrected chi connectivity index (χ0v) is 45.5. The van der Waals surface area contributed by atoms with Crippen LogP contribution in [0.5, 0.6) is 0 Å². The van der Waals surface area contributed by atoms with Gasteiger partial charge in [0.15, 0.2) is 6.10 Å². The van der Waals surface area contributed by atoms with Crippen molar-refractivity contribution in [3.63, 3.8) is 0 Å². The van der Waals surface area contributed by atoms with Gasteiger partial charge in [-0.3, -0.25) is 14.4 Å². The standard InChI is InChI=1S/C61H116O6/c1-4-7-10-13-16-18-19-20-21-22-23-24-25-26-27-28-29-30-31-32-33-34-35-36-37-38-39-40-41-43-45-48-51-54-60(63)66-57-58(56-65-59(62)53-50-47-44-15-12-9-6-3)67-61(64)55-52-49-46-42-17-14-11-8-5-2/h22-23,58H,4-21,24-57H2,1-3H3/b23-22-. The molecule has 396 valence electrons. The van der Waals surface area contributed by atoms with Crippen molar-refractivity contribution in [1.29, 1.82) is 0 Å². The van der Waals surface area contributed by atoms with E-state index in [4.69, 9.17) is 14.2 Å². The number of rotatable bonds is 56. The highest BCUT2D eigenvalue weighted by molar-refractivity contribution is 5.71. The number of hydrogen-bond donors (Lipinski definition) is 0. The monoisotopic (exact) mass is 945 g/mol. The van der Waals surface area contributed by atoms with Gasteiger partial charge in [-0.05, 0) is 44.9 Å². The number of allylic oxidation sites excluding steroid dienone is 2.